The summed E-state index contributed by atoms with van der Waals surface area (Å²) >= 11 is 1.82. The standard InChI is InChI=1S/C14H18N2O3S/c15-14(18)19-12(10-11-4-2-1-3-5-11)13(17)16-6-8-20-9-7-16/h1-5,12H,6-10H2,(H2,15,18). The summed E-state index contributed by atoms with van der Waals surface area (Å²) in [5.74, 6) is 1.67. The first-order valence-electron chi connectivity index (χ1n) is 6.53. The number of primary amides is 1. The molecule has 1 heterocycles. The molecule has 1 fully saturated rings. The molecule has 1 aromatic rings. The van der Waals surface area contributed by atoms with Gasteiger partial charge in [-0.3, -0.25) is 4.79 Å². The maximum Gasteiger partial charge on any atom is 0.405 e. The third-order valence-corrected chi connectivity index (χ3v) is 4.06. The number of hydrogen-bond acceptors (Lipinski definition) is 4. The number of hydrogen-bond donors (Lipinski definition) is 1. The summed E-state index contributed by atoms with van der Waals surface area (Å²) in [5, 5.41) is 0. The van der Waals surface area contributed by atoms with Gasteiger partial charge in [-0.15, -0.1) is 0 Å². The minimum absolute atomic E-state index is 0.159. The van der Waals surface area contributed by atoms with Gasteiger partial charge in [0.05, 0.1) is 0 Å². The van der Waals surface area contributed by atoms with Gasteiger partial charge in [0.2, 0.25) is 0 Å². The molecule has 1 unspecified atom stereocenters. The Bertz CT molecular complexity index is 461. The lowest BCUT2D eigenvalue weighted by atomic mass is 10.1. The lowest BCUT2D eigenvalue weighted by molar-refractivity contribution is -0.139. The molecular formula is C14H18N2O3S. The third-order valence-electron chi connectivity index (χ3n) is 3.12. The number of carbonyl (C=O) groups is 2. The molecule has 0 aromatic heterocycles. The van der Waals surface area contributed by atoms with Crippen LogP contribution in [0.5, 0.6) is 0 Å². The van der Waals surface area contributed by atoms with Gasteiger partial charge in [0.15, 0.2) is 6.10 Å². The van der Waals surface area contributed by atoms with Crippen molar-refractivity contribution in [3.05, 3.63) is 35.9 Å². The fraction of sp³-hybridized carbons (Fsp3) is 0.429. The highest BCUT2D eigenvalue weighted by atomic mass is 32.2. The quantitative estimate of drug-likeness (QED) is 0.907. The highest BCUT2D eigenvalue weighted by Gasteiger charge is 2.28. The van der Waals surface area contributed by atoms with E-state index in [1.165, 1.54) is 0 Å². The smallest absolute Gasteiger partial charge is 0.405 e. The monoisotopic (exact) mass is 294 g/mol. The molecule has 0 bridgehead atoms. The molecule has 1 aliphatic heterocycles. The van der Waals surface area contributed by atoms with Crippen LogP contribution in [0.4, 0.5) is 4.79 Å². The van der Waals surface area contributed by atoms with E-state index in [1.54, 1.807) is 4.90 Å². The third kappa shape index (κ3) is 4.16. The van der Waals surface area contributed by atoms with Gasteiger partial charge >= 0.3 is 6.09 Å². The van der Waals surface area contributed by atoms with Crippen LogP contribution in [0.15, 0.2) is 30.3 Å². The zero-order chi connectivity index (χ0) is 14.4. The van der Waals surface area contributed by atoms with Gasteiger partial charge in [0, 0.05) is 31.0 Å². The second-order valence-electron chi connectivity index (χ2n) is 4.55. The zero-order valence-corrected chi connectivity index (χ0v) is 12.0. The van der Waals surface area contributed by atoms with Crippen LogP contribution in [-0.2, 0) is 16.0 Å². The van der Waals surface area contributed by atoms with Crippen molar-refractivity contribution < 1.29 is 14.3 Å². The number of carbonyl (C=O) groups excluding carboxylic acids is 2. The summed E-state index contributed by atoms with van der Waals surface area (Å²) < 4.78 is 5.01. The normalized spacial score (nSPS) is 16.5. The van der Waals surface area contributed by atoms with Gasteiger partial charge in [-0.25, -0.2) is 4.79 Å². The van der Waals surface area contributed by atoms with E-state index in [1.807, 2.05) is 42.1 Å². The minimum Gasteiger partial charge on any atom is -0.436 e. The van der Waals surface area contributed by atoms with Crippen LogP contribution in [0, 0.1) is 0 Å². The van der Waals surface area contributed by atoms with Crippen LogP contribution in [-0.4, -0.2) is 47.6 Å². The van der Waals surface area contributed by atoms with E-state index in [0.717, 1.165) is 17.1 Å². The molecule has 0 radical (unpaired) electrons. The molecule has 6 heteroatoms. The second kappa shape index (κ2) is 7.19. The van der Waals surface area contributed by atoms with Crippen molar-refractivity contribution in [3.8, 4) is 0 Å². The summed E-state index contributed by atoms with van der Waals surface area (Å²) in [4.78, 5) is 25.2. The Balaban J connectivity index is 2.05. The van der Waals surface area contributed by atoms with Crippen LogP contribution < -0.4 is 5.73 Å². The van der Waals surface area contributed by atoms with E-state index in [0.29, 0.717) is 19.5 Å². The molecule has 2 amide bonds. The van der Waals surface area contributed by atoms with Crippen molar-refractivity contribution in [2.45, 2.75) is 12.5 Å². The van der Waals surface area contributed by atoms with Crippen LogP contribution in [0.2, 0.25) is 0 Å². The summed E-state index contributed by atoms with van der Waals surface area (Å²) in [5.41, 5.74) is 6.02. The molecule has 1 saturated heterocycles. The highest BCUT2D eigenvalue weighted by molar-refractivity contribution is 7.99. The van der Waals surface area contributed by atoms with E-state index in [-0.39, 0.29) is 5.91 Å². The SMILES string of the molecule is NC(=O)OC(Cc1ccccc1)C(=O)N1CCSCC1. The maximum atomic E-state index is 12.4. The largest absolute Gasteiger partial charge is 0.436 e. The molecule has 0 saturated carbocycles. The molecule has 20 heavy (non-hydrogen) atoms. The lowest BCUT2D eigenvalue weighted by Crippen LogP contribution is -2.46. The Morgan fingerprint density at radius 3 is 2.50 bits per heavy atom. The number of nitrogens with zero attached hydrogens (tertiary/aromatic N) is 1. The lowest BCUT2D eigenvalue weighted by Gasteiger charge is -2.29. The Kier molecular flexibility index (Phi) is 5.29. The Morgan fingerprint density at radius 2 is 1.90 bits per heavy atom. The van der Waals surface area contributed by atoms with Crippen LogP contribution in [0.1, 0.15) is 5.56 Å². The van der Waals surface area contributed by atoms with Crippen molar-refractivity contribution in [1.29, 1.82) is 0 Å². The predicted molar refractivity (Wildman–Crippen MR) is 78.5 cm³/mol. The Morgan fingerprint density at radius 1 is 1.25 bits per heavy atom. The number of nitrogens with two attached hydrogens (primary N) is 1. The topological polar surface area (TPSA) is 72.6 Å². The van der Waals surface area contributed by atoms with Crippen molar-refractivity contribution in [2.24, 2.45) is 5.73 Å². The number of ether oxygens (including phenoxy) is 1. The van der Waals surface area contributed by atoms with Gasteiger partial charge < -0.3 is 15.4 Å². The zero-order valence-electron chi connectivity index (χ0n) is 11.2. The molecule has 2 N–H and O–H groups in total. The van der Waals surface area contributed by atoms with E-state index in [9.17, 15) is 9.59 Å². The molecule has 1 atom stereocenters. The van der Waals surface area contributed by atoms with E-state index < -0.39 is 12.2 Å². The number of benzene rings is 1. The van der Waals surface area contributed by atoms with Crippen LogP contribution in [0.25, 0.3) is 0 Å². The Hall–Kier alpha value is -1.69. The first kappa shape index (κ1) is 14.7. The van der Waals surface area contributed by atoms with Crippen LogP contribution in [0.3, 0.4) is 0 Å². The van der Waals surface area contributed by atoms with E-state index in [2.05, 4.69) is 0 Å². The van der Waals surface area contributed by atoms with E-state index >= 15 is 0 Å². The molecule has 0 aliphatic carbocycles. The highest BCUT2D eigenvalue weighted by Crippen LogP contribution is 2.14. The van der Waals surface area contributed by atoms with Crippen LogP contribution >= 0.6 is 11.8 Å². The molecule has 0 spiro atoms. The molecule has 2 rings (SSSR count). The van der Waals surface area contributed by atoms with Crippen molar-refractivity contribution in [1.82, 2.24) is 4.90 Å². The molecule has 108 valence electrons. The summed E-state index contributed by atoms with van der Waals surface area (Å²) in [6, 6.07) is 9.47. The van der Waals surface area contributed by atoms with Crippen molar-refractivity contribution in [3.63, 3.8) is 0 Å². The van der Waals surface area contributed by atoms with Gasteiger partial charge in [-0.1, -0.05) is 30.3 Å². The fourth-order valence-electron chi connectivity index (χ4n) is 2.14. The molecule has 1 aromatic carbocycles. The summed E-state index contributed by atoms with van der Waals surface area (Å²) in [7, 11) is 0. The fourth-order valence-corrected chi connectivity index (χ4v) is 3.04. The number of thioether (sulfide) groups is 1. The van der Waals surface area contributed by atoms with Gasteiger partial charge in [-0.2, -0.15) is 11.8 Å². The second-order valence-corrected chi connectivity index (χ2v) is 5.78. The maximum absolute atomic E-state index is 12.4. The Labute approximate surface area is 122 Å². The van der Waals surface area contributed by atoms with Gasteiger partial charge in [0.1, 0.15) is 0 Å². The van der Waals surface area contributed by atoms with Gasteiger partial charge in [-0.05, 0) is 5.56 Å². The predicted octanol–water partition coefficient (Wildman–Crippen LogP) is 1.27. The first-order valence-corrected chi connectivity index (χ1v) is 7.69. The molecule has 5 nitrogen and oxygen atoms in total. The summed E-state index contributed by atoms with van der Waals surface area (Å²) in [6.45, 7) is 1.38. The summed E-state index contributed by atoms with van der Waals surface area (Å²) in [6.07, 6.45) is -1.39. The molecular weight excluding hydrogens is 276 g/mol. The van der Waals surface area contributed by atoms with Crippen molar-refractivity contribution in [2.75, 3.05) is 24.6 Å². The van der Waals surface area contributed by atoms with E-state index in [4.69, 9.17) is 10.5 Å². The average molecular weight is 294 g/mol. The first-order chi connectivity index (χ1) is 9.66. The molecule has 1 aliphatic rings. The number of rotatable bonds is 4. The van der Waals surface area contributed by atoms with Gasteiger partial charge in [0.25, 0.3) is 5.91 Å². The number of amides is 2. The average Bonchev–Trinajstić information content (AvgIpc) is 2.47. The van der Waals surface area contributed by atoms with Crippen molar-refractivity contribution >= 4 is 23.8 Å². The minimum atomic E-state index is -0.911.